The van der Waals surface area contributed by atoms with E-state index in [9.17, 15) is 4.79 Å². The van der Waals surface area contributed by atoms with Crippen molar-refractivity contribution in [3.05, 3.63) is 29.8 Å². The molecule has 2 rings (SSSR count). The molecule has 0 bridgehead atoms. The highest BCUT2D eigenvalue weighted by molar-refractivity contribution is 5.74. The third-order valence-corrected chi connectivity index (χ3v) is 2.61. The molecule has 80 valence electrons. The van der Waals surface area contributed by atoms with E-state index in [-0.39, 0.29) is 0 Å². The maximum atomic E-state index is 10.5. The Morgan fingerprint density at radius 3 is 2.47 bits per heavy atom. The van der Waals surface area contributed by atoms with E-state index in [1.807, 2.05) is 12.1 Å². The molecule has 1 aliphatic heterocycles. The van der Waals surface area contributed by atoms with Crippen LogP contribution in [0, 0.1) is 0 Å². The summed E-state index contributed by atoms with van der Waals surface area (Å²) in [4.78, 5) is 10.5. The maximum absolute atomic E-state index is 10.5. The van der Waals surface area contributed by atoms with E-state index in [1.165, 1.54) is 0 Å². The third kappa shape index (κ3) is 2.80. The van der Waals surface area contributed by atoms with Crippen LogP contribution < -0.4 is 10.1 Å². The van der Waals surface area contributed by atoms with Crippen LogP contribution in [0.15, 0.2) is 24.3 Å². The van der Waals surface area contributed by atoms with Crippen LogP contribution in [-0.4, -0.2) is 25.5 Å². The van der Waals surface area contributed by atoms with Crippen LogP contribution in [-0.2, 0) is 0 Å². The van der Waals surface area contributed by atoms with Crippen LogP contribution in [0.25, 0.3) is 0 Å². The zero-order chi connectivity index (χ0) is 10.5. The van der Waals surface area contributed by atoms with Crippen molar-refractivity contribution >= 4 is 6.29 Å². The zero-order valence-electron chi connectivity index (χ0n) is 8.61. The number of rotatable bonds is 3. The summed E-state index contributed by atoms with van der Waals surface area (Å²) in [6.45, 7) is 2.05. The van der Waals surface area contributed by atoms with E-state index < -0.39 is 0 Å². The summed E-state index contributed by atoms with van der Waals surface area (Å²) in [5.74, 6) is 0.854. The van der Waals surface area contributed by atoms with Gasteiger partial charge in [0.25, 0.3) is 0 Å². The molecule has 0 aliphatic carbocycles. The molecule has 0 saturated carbocycles. The fourth-order valence-corrected chi connectivity index (χ4v) is 1.73. The lowest BCUT2D eigenvalue weighted by Gasteiger charge is -2.23. The molecule has 0 amide bonds. The first-order valence-corrected chi connectivity index (χ1v) is 5.31. The lowest BCUT2D eigenvalue weighted by Crippen LogP contribution is -2.34. The van der Waals surface area contributed by atoms with E-state index in [1.54, 1.807) is 12.1 Å². The molecule has 3 nitrogen and oxygen atoms in total. The van der Waals surface area contributed by atoms with Gasteiger partial charge in [-0.2, -0.15) is 0 Å². The van der Waals surface area contributed by atoms with Crippen molar-refractivity contribution in [3.8, 4) is 5.75 Å². The molecule has 0 unspecified atom stereocenters. The minimum Gasteiger partial charge on any atom is -0.490 e. The fraction of sp³-hybridized carbons (Fsp3) is 0.417. The quantitative estimate of drug-likeness (QED) is 0.762. The predicted molar refractivity (Wildman–Crippen MR) is 58.3 cm³/mol. The fourth-order valence-electron chi connectivity index (χ4n) is 1.73. The van der Waals surface area contributed by atoms with Gasteiger partial charge in [0.05, 0.1) is 0 Å². The number of nitrogens with one attached hydrogen (secondary N) is 1. The number of carbonyl (C=O) groups excluding carboxylic acids is 1. The molecule has 1 heterocycles. The minimum atomic E-state index is 0.313. The topological polar surface area (TPSA) is 38.3 Å². The zero-order valence-corrected chi connectivity index (χ0v) is 8.61. The number of carbonyl (C=O) groups is 1. The van der Waals surface area contributed by atoms with Gasteiger partial charge in [-0.3, -0.25) is 4.79 Å². The summed E-state index contributed by atoms with van der Waals surface area (Å²) in [7, 11) is 0. The maximum Gasteiger partial charge on any atom is 0.150 e. The van der Waals surface area contributed by atoms with Crippen molar-refractivity contribution < 1.29 is 9.53 Å². The number of benzene rings is 1. The van der Waals surface area contributed by atoms with E-state index in [0.29, 0.717) is 11.7 Å². The lowest BCUT2D eigenvalue weighted by molar-refractivity contribution is 0.112. The first-order chi connectivity index (χ1) is 7.38. The number of hydrogen-bond donors (Lipinski definition) is 1. The van der Waals surface area contributed by atoms with Crippen LogP contribution in [0.3, 0.4) is 0 Å². The largest absolute Gasteiger partial charge is 0.490 e. The average Bonchev–Trinajstić information content (AvgIpc) is 2.31. The van der Waals surface area contributed by atoms with Crippen molar-refractivity contribution in [1.82, 2.24) is 5.32 Å². The van der Waals surface area contributed by atoms with Crippen molar-refractivity contribution in [2.75, 3.05) is 13.1 Å². The van der Waals surface area contributed by atoms with E-state index >= 15 is 0 Å². The molecule has 15 heavy (non-hydrogen) atoms. The van der Waals surface area contributed by atoms with Gasteiger partial charge in [-0.25, -0.2) is 0 Å². The number of aldehydes is 1. The molecule has 1 aromatic carbocycles. The molecule has 1 aromatic rings. The van der Waals surface area contributed by atoms with Gasteiger partial charge in [0.2, 0.25) is 0 Å². The predicted octanol–water partition coefficient (Wildman–Crippen LogP) is 1.63. The monoisotopic (exact) mass is 205 g/mol. The van der Waals surface area contributed by atoms with Crippen molar-refractivity contribution in [3.63, 3.8) is 0 Å². The normalized spacial score (nSPS) is 17.3. The number of piperidine rings is 1. The van der Waals surface area contributed by atoms with Crippen molar-refractivity contribution in [1.29, 1.82) is 0 Å². The summed E-state index contributed by atoms with van der Waals surface area (Å²) in [5.41, 5.74) is 0.688. The summed E-state index contributed by atoms with van der Waals surface area (Å²) >= 11 is 0. The van der Waals surface area contributed by atoms with Gasteiger partial charge in [-0.15, -0.1) is 0 Å². The van der Waals surface area contributed by atoms with Gasteiger partial charge in [0.1, 0.15) is 18.1 Å². The van der Waals surface area contributed by atoms with E-state index in [4.69, 9.17) is 4.74 Å². The first kappa shape index (κ1) is 10.2. The molecule has 0 radical (unpaired) electrons. The summed E-state index contributed by atoms with van der Waals surface area (Å²) < 4.78 is 5.80. The molecule has 0 aromatic heterocycles. The van der Waals surface area contributed by atoms with E-state index in [0.717, 1.165) is 38.0 Å². The summed E-state index contributed by atoms with van der Waals surface area (Å²) in [6.07, 6.45) is 3.26. The van der Waals surface area contributed by atoms with Crippen molar-refractivity contribution in [2.24, 2.45) is 0 Å². The Kier molecular flexibility index (Phi) is 3.35. The molecule has 1 N–H and O–H groups in total. The highest BCUT2D eigenvalue weighted by Crippen LogP contribution is 2.16. The highest BCUT2D eigenvalue weighted by atomic mass is 16.5. The first-order valence-electron chi connectivity index (χ1n) is 5.31. The molecule has 1 aliphatic rings. The highest BCUT2D eigenvalue weighted by Gasteiger charge is 2.13. The molecule has 0 atom stereocenters. The minimum absolute atomic E-state index is 0.313. The van der Waals surface area contributed by atoms with E-state index in [2.05, 4.69) is 5.32 Å². The van der Waals surface area contributed by atoms with Crippen molar-refractivity contribution in [2.45, 2.75) is 18.9 Å². The van der Waals surface area contributed by atoms with Gasteiger partial charge in [-0.05, 0) is 50.2 Å². The Balaban J connectivity index is 1.94. The average molecular weight is 205 g/mol. The molecule has 0 spiro atoms. The van der Waals surface area contributed by atoms with Crippen LogP contribution in [0.2, 0.25) is 0 Å². The smallest absolute Gasteiger partial charge is 0.150 e. The molecule has 3 heteroatoms. The van der Waals surface area contributed by atoms with Gasteiger partial charge in [0.15, 0.2) is 0 Å². The molecular weight excluding hydrogens is 190 g/mol. The van der Waals surface area contributed by atoms with Gasteiger partial charge in [0, 0.05) is 5.56 Å². The van der Waals surface area contributed by atoms with Gasteiger partial charge >= 0.3 is 0 Å². The summed E-state index contributed by atoms with van der Waals surface area (Å²) in [6, 6.07) is 7.27. The second kappa shape index (κ2) is 4.94. The number of hydrogen-bond acceptors (Lipinski definition) is 3. The SMILES string of the molecule is O=Cc1ccc(OC2CCNCC2)cc1. The Hall–Kier alpha value is -1.35. The standard InChI is InChI=1S/C12H15NO2/c14-9-10-1-3-11(4-2-10)15-12-5-7-13-8-6-12/h1-4,9,12-13H,5-8H2. The second-order valence-electron chi connectivity index (χ2n) is 3.75. The Labute approximate surface area is 89.4 Å². The van der Waals surface area contributed by atoms with Crippen LogP contribution in [0.1, 0.15) is 23.2 Å². The van der Waals surface area contributed by atoms with Crippen LogP contribution >= 0.6 is 0 Å². The number of ether oxygens (including phenoxy) is 1. The molecule has 1 saturated heterocycles. The third-order valence-electron chi connectivity index (χ3n) is 2.61. The van der Waals surface area contributed by atoms with Gasteiger partial charge in [-0.1, -0.05) is 0 Å². The van der Waals surface area contributed by atoms with Gasteiger partial charge < -0.3 is 10.1 Å². The second-order valence-corrected chi connectivity index (χ2v) is 3.75. The van der Waals surface area contributed by atoms with Crippen LogP contribution in [0.4, 0.5) is 0 Å². The summed E-state index contributed by atoms with van der Waals surface area (Å²) in [5, 5.41) is 3.29. The molecular formula is C12H15NO2. The Morgan fingerprint density at radius 1 is 1.20 bits per heavy atom. The lowest BCUT2D eigenvalue weighted by atomic mass is 10.1. The van der Waals surface area contributed by atoms with Crippen LogP contribution in [0.5, 0.6) is 5.75 Å². The Morgan fingerprint density at radius 2 is 1.87 bits per heavy atom. The Bertz CT molecular complexity index is 315. The molecule has 1 fully saturated rings.